The summed E-state index contributed by atoms with van der Waals surface area (Å²) in [5.74, 6) is 1.44. The fourth-order valence-electron chi connectivity index (χ4n) is 2.57. The van der Waals surface area contributed by atoms with Crippen LogP contribution in [0.1, 0.15) is 18.1 Å². The van der Waals surface area contributed by atoms with Gasteiger partial charge < -0.3 is 15.0 Å². The van der Waals surface area contributed by atoms with Crippen molar-refractivity contribution in [3.8, 4) is 0 Å². The van der Waals surface area contributed by atoms with Gasteiger partial charge >= 0.3 is 0 Å². The van der Waals surface area contributed by atoms with E-state index in [0.29, 0.717) is 5.75 Å². The molecule has 1 fully saturated rings. The summed E-state index contributed by atoms with van der Waals surface area (Å²) in [6.45, 7) is 6.68. The summed E-state index contributed by atoms with van der Waals surface area (Å²) in [4.78, 5) is 14.3. The van der Waals surface area contributed by atoms with Gasteiger partial charge in [-0.05, 0) is 26.5 Å². The number of nitrogens with one attached hydrogen (secondary N) is 1. The van der Waals surface area contributed by atoms with Crippen molar-refractivity contribution in [3.05, 3.63) is 35.4 Å². The maximum absolute atomic E-state index is 12.0. The number of thioether (sulfide) groups is 1. The Morgan fingerprint density at radius 3 is 3.09 bits per heavy atom. The molecule has 5 heteroatoms. The van der Waals surface area contributed by atoms with Crippen molar-refractivity contribution in [2.75, 3.05) is 32.5 Å². The second kappa shape index (κ2) is 8.56. The van der Waals surface area contributed by atoms with Gasteiger partial charge in [-0.25, -0.2) is 0 Å². The van der Waals surface area contributed by atoms with E-state index in [1.54, 1.807) is 11.8 Å². The number of likely N-dealkylation sites (N-methyl/N-ethyl adjacent to an activating group) is 1. The first-order valence-corrected chi connectivity index (χ1v) is 8.93. The van der Waals surface area contributed by atoms with Crippen molar-refractivity contribution in [3.63, 3.8) is 0 Å². The molecule has 1 heterocycles. The zero-order valence-corrected chi connectivity index (χ0v) is 14.5. The van der Waals surface area contributed by atoms with Crippen LogP contribution in [0.15, 0.2) is 24.3 Å². The van der Waals surface area contributed by atoms with Crippen LogP contribution in [0.3, 0.4) is 0 Å². The Bertz CT molecular complexity index is 495. The Balaban J connectivity index is 1.69. The molecule has 0 saturated carbocycles. The quantitative estimate of drug-likeness (QED) is 0.870. The van der Waals surface area contributed by atoms with Gasteiger partial charge in [-0.2, -0.15) is 0 Å². The minimum atomic E-state index is 0.0508. The molecule has 0 unspecified atom stereocenters. The lowest BCUT2D eigenvalue weighted by atomic mass is 10.1. The van der Waals surface area contributed by atoms with E-state index in [1.165, 1.54) is 11.1 Å². The van der Waals surface area contributed by atoms with Crippen LogP contribution in [-0.4, -0.2) is 55.4 Å². The molecule has 2 atom stereocenters. The van der Waals surface area contributed by atoms with E-state index >= 15 is 0 Å². The molecule has 22 heavy (non-hydrogen) atoms. The minimum Gasteiger partial charge on any atom is -0.373 e. The van der Waals surface area contributed by atoms with Crippen LogP contribution in [0.2, 0.25) is 0 Å². The average Bonchev–Trinajstić information content (AvgIpc) is 2.47. The van der Waals surface area contributed by atoms with Gasteiger partial charge in [0, 0.05) is 18.8 Å². The molecule has 1 aromatic rings. The van der Waals surface area contributed by atoms with Gasteiger partial charge in [0.1, 0.15) is 0 Å². The summed E-state index contributed by atoms with van der Waals surface area (Å²) < 4.78 is 5.73. The number of aryl methyl sites for hydroxylation is 1. The highest BCUT2D eigenvalue weighted by Gasteiger charge is 2.24. The fourth-order valence-corrected chi connectivity index (χ4v) is 3.35. The molecule has 0 bridgehead atoms. The van der Waals surface area contributed by atoms with Gasteiger partial charge in [-0.1, -0.05) is 29.8 Å². The topological polar surface area (TPSA) is 41.6 Å². The predicted octanol–water partition coefficient (Wildman–Crippen LogP) is 2.06. The normalized spacial score (nSPS) is 20.6. The van der Waals surface area contributed by atoms with Crippen LogP contribution in [0, 0.1) is 6.92 Å². The zero-order valence-electron chi connectivity index (χ0n) is 13.7. The molecule has 1 aliphatic heterocycles. The molecule has 1 aromatic carbocycles. The first-order chi connectivity index (χ1) is 10.5. The Labute approximate surface area is 137 Å². The second-order valence-corrected chi connectivity index (χ2v) is 7.00. The zero-order chi connectivity index (χ0) is 15.9. The Morgan fingerprint density at radius 2 is 2.36 bits per heavy atom. The van der Waals surface area contributed by atoms with Crippen LogP contribution >= 0.6 is 11.8 Å². The molecule has 1 aliphatic rings. The van der Waals surface area contributed by atoms with E-state index in [-0.39, 0.29) is 18.1 Å². The molecule has 0 spiro atoms. The number of rotatable bonds is 6. The van der Waals surface area contributed by atoms with Crippen LogP contribution in [0.4, 0.5) is 0 Å². The molecule has 1 N–H and O–H groups in total. The van der Waals surface area contributed by atoms with E-state index < -0.39 is 0 Å². The SMILES string of the molecule is Cc1cccc(CSCC(=O)N[C@H](C)[C@H]2CN(C)CCO2)c1. The van der Waals surface area contributed by atoms with Gasteiger partial charge in [0.25, 0.3) is 0 Å². The molecular weight excluding hydrogens is 296 g/mol. The van der Waals surface area contributed by atoms with Gasteiger partial charge in [0.2, 0.25) is 5.91 Å². The molecule has 1 saturated heterocycles. The third-order valence-electron chi connectivity index (χ3n) is 3.83. The number of amides is 1. The Hall–Kier alpha value is -1.04. The molecular formula is C17H26N2O2S. The highest BCUT2D eigenvalue weighted by Crippen LogP contribution is 2.13. The number of benzene rings is 1. The first kappa shape index (κ1) is 17.3. The molecule has 0 aliphatic carbocycles. The van der Waals surface area contributed by atoms with Crippen molar-refractivity contribution in [1.29, 1.82) is 0 Å². The minimum absolute atomic E-state index is 0.0508. The lowest BCUT2D eigenvalue weighted by Crippen LogP contribution is -2.51. The van der Waals surface area contributed by atoms with Gasteiger partial charge in [-0.3, -0.25) is 4.79 Å². The first-order valence-electron chi connectivity index (χ1n) is 7.77. The van der Waals surface area contributed by atoms with E-state index in [2.05, 4.69) is 48.5 Å². The summed E-state index contributed by atoms with van der Waals surface area (Å²) in [7, 11) is 2.09. The number of carbonyl (C=O) groups is 1. The standard InChI is InChI=1S/C17H26N2O2S/c1-13-5-4-6-15(9-13)11-22-12-17(20)18-14(2)16-10-19(3)7-8-21-16/h4-6,9,14,16H,7-8,10-12H2,1-3H3,(H,18,20)/t14-,16-/m1/s1. The summed E-state index contributed by atoms with van der Waals surface area (Å²) in [5.41, 5.74) is 2.53. The largest absolute Gasteiger partial charge is 0.373 e. The summed E-state index contributed by atoms with van der Waals surface area (Å²) in [6.07, 6.45) is 0.0875. The monoisotopic (exact) mass is 322 g/mol. The fraction of sp³-hybridized carbons (Fsp3) is 0.588. The van der Waals surface area contributed by atoms with E-state index in [1.807, 2.05) is 6.92 Å². The number of morpholine rings is 1. The highest BCUT2D eigenvalue weighted by molar-refractivity contribution is 7.99. The van der Waals surface area contributed by atoms with Crippen molar-refractivity contribution >= 4 is 17.7 Å². The highest BCUT2D eigenvalue weighted by atomic mass is 32.2. The van der Waals surface area contributed by atoms with Gasteiger partial charge in [-0.15, -0.1) is 11.8 Å². The van der Waals surface area contributed by atoms with E-state index in [4.69, 9.17) is 4.74 Å². The van der Waals surface area contributed by atoms with Crippen molar-refractivity contribution < 1.29 is 9.53 Å². The number of ether oxygens (including phenoxy) is 1. The van der Waals surface area contributed by atoms with Gasteiger partial charge in [0.15, 0.2) is 0 Å². The summed E-state index contributed by atoms with van der Waals surface area (Å²) in [5, 5.41) is 3.06. The van der Waals surface area contributed by atoms with Crippen molar-refractivity contribution in [2.45, 2.75) is 31.7 Å². The third-order valence-corrected chi connectivity index (χ3v) is 4.83. The number of hydrogen-bond donors (Lipinski definition) is 1. The molecule has 2 rings (SSSR count). The maximum atomic E-state index is 12.0. The molecule has 0 radical (unpaired) electrons. The average molecular weight is 322 g/mol. The van der Waals surface area contributed by atoms with Crippen LogP contribution in [0.5, 0.6) is 0 Å². The third kappa shape index (κ3) is 5.63. The van der Waals surface area contributed by atoms with Crippen LogP contribution < -0.4 is 5.32 Å². The molecule has 122 valence electrons. The lowest BCUT2D eigenvalue weighted by molar-refractivity contribution is -0.121. The van der Waals surface area contributed by atoms with Gasteiger partial charge in [0.05, 0.1) is 24.5 Å². The van der Waals surface area contributed by atoms with Crippen molar-refractivity contribution in [1.82, 2.24) is 10.2 Å². The van der Waals surface area contributed by atoms with Crippen molar-refractivity contribution in [2.24, 2.45) is 0 Å². The summed E-state index contributed by atoms with van der Waals surface area (Å²) in [6, 6.07) is 8.47. The Morgan fingerprint density at radius 1 is 1.55 bits per heavy atom. The smallest absolute Gasteiger partial charge is 0.230 e. The predicted molar refractivity (Wildman–Crippen MR) is 92.2 cm³/mol. The number of carbonyl (C=O) groups excluding carboxylic acids is 1. The number of hydrogen-bond acceptors (Lipinski definition) is 4. The maximum Gasteiger partial charge on any atom is 0.230 e. The molecule has 4 nitrogen and oxygen atoms in total. The Kier molecular flexibility index (Phi) is 6.73. The van der Waals surface area contributed by atoms with Crippen LogP contribution in [0.25, 0.3) is 0 Å². The molecule has 0 aromatic heterocycles. The lowest BCUT2D eigenvalue weighted by Gasteiger charge is -2.33. The van der Waals surface area contributed by atoms with E-state index in [0.717, 1.165) is 25.4 Å². The second-order valence-electron chi connectivity index (χ2n) is 6.01. The van der Waals surface area contributed by atoms with Crippen LogP contribution in [-0.2, 0) is 15.3 Å². The number of nitrogens with zero attached hydrogens (tertiary/aromatic N) is 1. The van der Waals surface area contributed by atoms with E-state index in [9.17, 15) is 4.79 Å². The summed E-state index contributed by atoms with van der Waals surface area (Å²) >= 11 is 1.65. The molecule has 1 amide bonds.